The number of benzene rings is 1. The number of rotatable bonds is 7. The van der Waals surface area contributed by atoms with Crippen LogP contribution in [0.25, 0.3) is 10.8 Å². The Kier molecular flexibility index (Phi) is 8.59. The maximum Gasteiger partial charge on any atom is 0.269 e. The molecule has 3 aromatic rings. The molecular formula is C34H41N7O7S. The average Bonchev–Trinajstić information content (AvgIpc) is 3.96. The Morgan fingerprint density at radius 1 is 1.16 bits per heavy atom. The number of carbonyl (C=O) groups excluding carboxylic acids is 3. The zero-order chi connectivity index (χ0) is 34.5. The number of amides is 3. The molecule has 3 fully saturated rings. The fourth-order valence-electron chi connectivity index (χ4n) is 6.61. The van der Waals surface area contributed by atoms with Crippen molar-refractivity contribution in [2.45, 2.75) is 94.4 Å². The normalized spacial score (nSPS) is 27.2. The number of hydrogen-bond acceptors (Lipinski definition) is 10. The number of carbonyl (C=O) groups is 3. The number of aryl methyl sites for hydroxylation is 2. The molecule has 4 N–H and O–H groups in total. The van der Waals surface area contributed by atoms with E-state index in [1.807, 2.05) is 38.1 Å². The summed E-state index contributed by atoms with van der Waals surface area (Å²) in [6.45, 7) is 7.50. The van der Waals surface area contributed by atoms with Gasteiger partial charge in [-0.1, -0.05) is 32.1 Å². The maximum absolute atomic E-state index is 14.3. The van der Waals surface area contributed by atoms with Gasteiger partial charge in [0.05, 0.1) is 5.25 Å². The van der Waals surface area contributed by atoms with E-state index in [0.717, 1.165) is 52.8 Å². The Labute approximate surface area is 284 Å². The number of pyridine rings is 1. The number of nitrogens with one attached hydrogen (secondary N) is 4. The first-order valence-corrected chi connectivity index (χ1v) is 18.4. The van der Waals surface area contributed by atoms with Gasteiger partial charge in [0, 0.05) is 35.7 Å². The van der Waals surface area contributed by atoms with Gasteiger partial charge in [-0.05, 0) is 73.9 Å². The summed E-state index contributed by atoms with van der Waals surface area (Å²) < 4.78 is 33.7. The number of H-pyrrole nitrogens is 1. The number of nitrogens with zero attached hydrogens (tertiary/aromatic N) is 3. The second-order valence-electron chi connectivity index (χ2n) is 13.8. The molecule has 0 radical (unpaired) electrons. The molecule has 5 atom stereocenters. The highest BCUT2D eigenvalue weighted by Gasteiger charge is 2.62. The topological polar surface area (TPSA) is 185 Å². The molecule has 3 amide bonds. The van der Waals surface area contributed by atoms with Crippen molar-refractivity contribution in [2.75, 3.05) is 5.32 Å². The Morgan fingerprint density at radius 3 is 2.69 bits per heavy atom. The summed E-state index contributed by atoms with van der Waals surface area (Å²) in [5, 5.41) is 15.5. The number of ether oxygens (including phenoxy) is 1. The highest BCUT2D eigenvalue weighted by molar-refractivity contribution is 7.91. The molecule has 2 saturated carbocycles. The fraction of sp³-hybridized carbons (Fsp3) is 0.500. The third kappa shape index (κ3) is 6.61. The molecule has 49 heavy (non-hydrogen) atoms. The van der Waals surface area contributed by atoms with Crippen molar-refractivity contribution in [1.29, 1.82) is 0 Å². The van der Waals surface area contributed by atoms with Gasteiger partial charge in [-0.2, -0.15) is 5.10 Å². The molecule has 2 aromatic heterocycles. The molecule has 2 aliphatic carbocycles. The lowest BCUT2D eigenvalue weighted by Crippen LogP contribution is -2.57. The lowest BCUT2D eigenvalue weighted by atomic mass is 10.0. The standard InChI is InChI=1S/C34H41N7O7S/c1-4-22-18-34(22,33(44)40-49(45,46)24-11-12-24)37-30(42)26-17-28-47-31-25-15-20(9-10-21(25)13-14-35-31)7-5-6-8-23-16-27(39-38-23)36-29(19(2)3)32(43)41(26)48-28/h4,9-10,13-16,19,22,24,26,28-29H,1,5-8,11-12,17-18H2,2-3H3,(H,37,42)(H,40,44)(H2,36,38,39)/t22-,26+,28-,29+,34-/m1/s1. The van der Waals surface area contributed by atoms with Crippen molar-refractivity contribution in [1.82, 2.24) is 30.3 Å². The second kappa shape index (κ2) is 12.8. The number of aromatic nitrogens is 3. The summed E-state index contributed by atoms with van der Waals surface area (Å²) in [5.74, 6) is -2.01. The third-order valence-electron chi connectivity index (χ3n) is 9.76. The summed E-state index contributed by atoms with van der Waals surface area (Å²) >= 11 is 0. The van der Waals surface area contributed by atoms with Crippen LogP contribution in [0.15, 0.2) is 49.2 Å². The first-order chi connectivity index (χ1) is 23.5. The second-order valence-corrected chi connectivity index (χ2v) is 15.7. The zero-order valence-electron chi connectivity index (χ0n) is 27.5. The highest BCUT2D eigenvalue weighted by atomic mass is 32.2. The average molecular weight is 692 g/mol. The van der Waals surface area contributed by atoms with Gasteiger partial charge < -0.3 is 15.4 Å². The first-order valence-electron chi connectivity index (χ1n) is 16.8. The maximum atomic E-state index is 14.3. The summed E-state index contributed by atoms with van der Waals surface area (Å²) in [6.07, 6.45) is 6.60. The van der Waals surface area contributed by atoms with Crippen molar-refractivity contribution in [2.24, 2.45) is 11.8 Å². The molecule has 0 unspecified atom stereocenters. The fourth-order valence-corrected chi connectivity index (χ4v) is 7.97. The van der Waals surface area contributed by atoms with Crippen LogP contribution in [0.1, 0.15) is 63.6 Å². The molecule has 4 aliphatic rings. The van der Waals surface area contributed by atoms with Gasteiger partial charge in [0.15, 0.2) is 0 Å². The quantitative estimate of drug-likeness (QED) is 0.269. The van der Waals surface area contributed by atoms with Crippen LogP contribution in [0.3, 0.4) is 0 Å². The molecule has 15 heteroatoms. The largest absolute Gasteiger partial charge is 0.445 e. The van der Waals surface area contributed by atoms with E-state index >= 15 is 0 Å². The number of fused-ring (bicyclic) bond motifs is 5. The predicted octanol–water partition coefficient (Wildman–Crippen LogP) is 2.88. The smallest absolute Gasteiger partial charge is 0.269 e. The van der Waals surface area contributed by atoms with E-state index in [9.17, 15) is 22.8 Å². The number of anilines is 1. The van der Waals surface area contributed by atoms with Crippen LogP contribution in [-0.4, -0.2) is 75.5 Å². The number of aromatic amines is 1. The number of sulfonamides is 1. The molecule has 1 aromatic carbocycles. The molecule has 14 nitrogen and oxygen atoms in total. The van der Waals surface area contributed by atoms with E-state index in [0.29, 0.717) is 24.5 Å². The van der Waals surface area contributed by atoms with Gasteiger partial charge >= 0.3 is 0 Å². The highest BCUT2D eigenvalue weighted by Crippen LogP contribution is 2.45. The molecule has 0 spiro atoms. The van der Waals surface area contributed by atoms with E-state index < -0.39 is 62.8 Å². The minimum atomic E-state index is -3.87. The van der Waals surface area contributed by atoms with Gasteiger partial charge in [-0.25, -0.2) is 23.3 Å². The van der Waals surface area contributed by atoms with Crippen molar-refractivity contribution in [3.05, 3.63) is 60.4 Å². The van der Waals surface area contributed by atoms with Crippen molar-refractivity contribution in [3.8, 4) is 5.88 Å². The van der Waals surface area contributed by atoms with Gasteiger partial charge in [-0.3, -0.25) is 24.2 Å². The van der Waals surface area contributed by atoms with Crippen LogP contribution in [0.5, 0.6) is 5.88 Å². The van der Waals surface area contributed by atoms with Gasteiger partial charge in [0.2, 0.25) is 28.1 Å². The summed E-state index contributed by atoms with van der Waals surface area (Å²) in [7, 11) is -3.87. The predicted molar refractivity (Wildman–Crippen MR) is 179 cm³/mol. The van der Waals surface area contributed by atoms with Crippen molar-refractivity contribution >= 4 is 44.3 Å². The molecule has 4 heterocycles. The Bertz CT molecular complexity index is 1910. The van der Waals surface area contributed by atoms with E-state index in [4.69, 9.17) is 9.57 Å². The lowest BCUT2D eigenvalue weighted by Gasteiger charge is -2.29. The van der Waals surface area contributed by atoms with E-state index in [1.165, 1.54) is 6.08 Å². The van der Waals surface area contributed by atoms with E-state index in [2.05, 4.69) is 43.2 Å². The van der Waals surface area contributed by atoms with Crippen LogP contribution in [0, 0.1) is 11.8 Å². The van der Waals surface area contributed by atoms with Crippen LogP contribution in [0.2, 0.25) is 0 Å². The number of hydroxylamine groups is 2. The molecule has 1 saturated heterocycles. The van der Waals surface area contributed by atoms with Gasteiger partial charge in [0.25, 0.3) is 11.8 Å². The van der Waals surface area contributed by atoms with Crippen LogP contribution < -0.4 is 20.1 Å². The number of hydrogen-bond donors (Lipinski definition) is 4. The summed E-state index contributed by atoms with van der Waals surface area (Å²) in [5.41, 5.74) is 0.517. The van der Waals surface area contributed by atoms with Gasteiger partial charge in [0.1, 0.15) is 23.4 Å². The summed E-state index contributed by atoms with van der Waals surface area (Å²) in [6, 6.07) is 7.83. The molecular weight excluding hydrogens is 650 g/mol. The van der Waals surface area contributed by atoms with Gasteiger partial charge in [-0.15, -0.1) is 6.58 Å². The Hall–Kier alpha value is -4.50. The minimum absolute atomic E-state index is 0.0798. The van der Waals surface area contributed by atoms with Crippen LogP contribution in [0.4, 0.5) is 5.82 Å². The SMILES string of the molecule is C=C[C@@H]1C[C@]1(NC(=O)[C@@H]1C[C@@H]2Oc3nccc4ccc(cc34)CCCCc3cc(n[nH]3)N[C@@H](C(C)C)C(=O)N1O2)C(=O)NS(=O)(=O)C1CC1. The van der Waals surface area contributed by atoms with E-state index in [1.54, 1.807) is 6.20 Å². The Morgan fingerprint density at radius 2 is 1.96 bits per heavy atom. The Balaban J connectivity index is 1.21. The molecule has 2 aliphatic heterocycles. The molecule has 6 bridgehead atoms. The van der Waals surface area contributed by atoms with Crippen molar-refractivity contribution in [3.63, 3.8) is 0 Å². The minimum Gasteiger partial charge on any atom is -0.445 e. The van der Waals surface area contributed by atoms with Crippen LogP contribution >= 0.6 is 0 Å². The zero-order valence-corrected chi connectivity index (χ0v) is 28.3. The molecule has 260 valence electrons. The molecule has 7 rings (SSSR count). The van der Waals surface area contributed by atoms with Crippen LogP contribution in [-0.2, 0) is 42.1 Å². The third-order valence-corrected chi connectivity index (χ3v) is 11.6. The lowest BCUT2D eigenvalue weighted by molar-refractivity contribution is -0.217. The monoisotopic (exact) mass is 691 g/mol. The van der Waals surface area contributed by atoms with E-state index in [-0.39, 0.29) is 18.8 Å². The van der Waals surface area contributed by atoms with Crippen molar-refractivity contribution < 1.29 is 32.4 Å². The summed E-state index contributed by atoms with van der Waals surface area (Å²) in [4.78, 5) is 52.4. The first kappa shape index (κ1) is 33.0.